The maximum atomic E-state index is 4.18. The molecule has 0 saturated carbocycles. The summed E-state index contributed by atoms with van der Waals surface area (Å²) in [5, 5.41) is 0. The third-order valence-corrected chi connectivity index (χ3v) is 3.71. The molecule has 18 heavy (non-hydrogen) atoms. The first-order chi connectivity index (χ1) is 8.70. The van der Waals surface area contributed by atoms with Crippen LogP contribution in [-0.4, -0.2) is 18.2 Å². The van der Waals surface area contributed by atoms with Gasteiger partial charge in [0, 0.05) is 25.1 Å². The number of aromatic nitrogens is 1. The zero-order valence-electron chi connectivity index (χ0n) is 11.0. The summed E-state index contributed by atoms with van der Waals surface area (Å²) in [4.78, 5) is 8.84. The van der Waals surface area contributed by atoms with Crippen LogP contribution < -0.4 is 9.80 Å². The number of pyridine rings is 1. The number of aryl methyl sites for hydroxylation is 1. The van der Waals surface area contributed by atoms with Gasteiger partial charge >= 0.3 is 0 Å². The van der Waals surface area contributed by atoms with E-state index >= 15 is 0 Å². The van der Waals surface area contributed by atoms with Crippen molar-refractivity contribution in [1.82, 2.24) is 4.98 Å². The van der Waals surface area contributed by atoms with Crippen LogP contribution in [0.15, 0.2) is 42.7 Å². The average Bonchev–Trinajstić information content (AvgIpc) is 2.64. The van der Waals surface area contributed by atoms with E-state index < -0.39 is 0 Å². The van der Waals surface area contributed by atoms with E-state index in [2.05, 4.69) is 66.0 Å². The molecule has 0 radical (unpaired) electrons. The fourth-order valence-corrected chi connectivity index (χ4v) is 2.61. The van der Waals surface area contributed by atoms with Gasteiger partial charge < -0.3 is 9.80 Å². The molecule has 0 spiro atoms. The van der Waals surface area contributed by atoms with Crippen LogP contribution in [0.3, 0.4) is 0 Å². The SMILES string of the molecule is Cc1cnccc1N1c2ccccc2N(C)C1C. The Balaban J connectivity index is 2.16. The van der Waals surface area contributed by atoms with Crippen molar-refractivity contribution in [2.75, 3.05) is 16.8 Å². The van der Waals surface area contributed by atoms with Crippen molar-refractivity contribution in [3.05, 3.63) is 48.3 Å². The van der Waals surface area contributed by atoms with E-state index in [-0.39, 0.29) is 0 Å². The number of fused-ring (bicyclic) bond motifs is 1. The highest BCUT2D eigenvalue weighted by atomic mass is 15.4. The van der Waals surface area contributed by atoms with Crippen molar-refractivity contribution in [2.24, 2.45) is 0 Å². The molecule has 0 fully saturated rings. The van der Waals surface area contributed by atoms with E-state index in [0.29, 0.717) is 6.17 Å². The zero-order valence-corrected chi connectivity index (χ0v) is 11.0. The molecule has 0 N–H and O–H groups in total. The average molecular weight is 239 g/mol. The van der Waals surface area contributed by atoms with Crippen LogP contribution in [0.1, 0.15) is 12.5 Å². The van der Waals surface area contributed by atoms with Crippen molar-refractivity contribution < 1.29 is 0 Å². The molecular formula is C15H17N3. The van der Waals surface area contributed by atoms with E-state index in [1.807, 2.05) is 12.4 Å². The van der Waals surface area contributed by atoms with Crippen molar-refractivity contribution >= 4 is 17.1 Å². The number of para-hydroxylation sites is 2. The molecule has 3 nitrogen and oxygen atoms in total. The van der Waals surface area contributed by atoms with Gasteiger partial charge in [-0.15, -0.1) is 0 Å². The summed E-state index contributed by atoms with van der Waals surface area (Å²) in [6, 6.07) is 10.6. The molecule has 0 saturated heterocycles. The lowest BCUT2D eigenvalue weighted by Gasteiger charge is -2.28. The van der Waals surface area contributed by atoms with Gasteiger partial charge in [0.05, 0.1) is 11.4 Å². The van der Waals surface area contributed by atoms with Gasteiger partial charge in [-0.05, 0) is 37.6 Å². The fourth-order valence-electron chi connectivity index (χ4n) is 2.61. The van der Waals surface area contributed by atoms with E-state index in [4.69, 9.17) is 0 Å². The Morgan fingerprint density at radius 1 is 1.06 bits per heavy atom. The highest BCUT2D eigenvalue weighted by Gasteiger charge is 2.31. The molecule has 2 aromatic rings. The largest absolute Gasteiger partial charge is 0.353 e. The van der Waals surface area contributed by atoms with E-state index in [0.717, 1.165) is 0 Å². The minimum Gasteiger partial charge on any atom is -0.353 e. The van der Waals surface area contributed by atoms with Crippen molar-refractivity contribution in [2.45, 2.75) is 20.0 Å². The van der Waals surface area contributed by atoms with Gasteiger partial charge in [-0.25, -0.2) is 0 Å². The van der Waals surface area contributed by atoms with Gasteiger partial charge in [-0.2, -0.15) is 0 Å². The topological polar surface area (TPSA) is 19.4 Å². The molecule has 1 aromatic carbocycles. The minimum atomic E-state index is 0.323. The second kappa shape index (κ2) is 4.02. The third-order valence-electron chi connectivity index (χ3n) is 3.71. The standard InChI is InChI=1S/C15H17N3/c1-11-10-16-9-8-13(11)18-12(2)17(3)14-6-4-5-7-15(14)18/h4-10,12H,1-3H3. The molecule has 1 unspecified atom stereocenters. The highest BCUT2D eigenvalue weighted by Crippen LogP contribution is 2.43. The number of anilines is 3. The molecule has 0 amide bonds. The molecule has 1 atom stereocenters. The Hall–Kier alpha value is -2.03. The summed E-state index contributed by atoms with van der Waals surface area (Å²) in [5.74, 6) is 0. The number of benzene rings is 1. The van der Waals surface area contributed by atoms with Gasteiger partial charge in [0.25, 0.3) is 0 Å². The fraction of sp³-hybridized carbons (Fsp3) is 0.267. The molecule has 3 rings (SSSR count). The summed E-state index contributed by atoms with van der Waals surface area (Å²) in [6.45, 7) is 4.33. The van der Waals surface area contributed by atoms with Crippen molar-refractivity contribution in [3.63, 3.8) is 0 Å². The Kier molecular flexibility index (Phi) is 2.47. The summed E-state index contributed by atoms with van der Waals surface area (Å²) >= 11 is 0. The second-order valence-electron chi connectivity index (χ2n) is 4.76. The maximum absolute atomic E-state index is 4.18. The minimum absolute atomic E-state index is 0.323. The zero-order chi connectivity index (χ0) is 12.7. The normalized spacial score (nSPS) is 18.1. The Labute approximate surface area is 108 Å². The first-order valence-corrected chi connectivity index (χ1v) is 6.22. The van der Waals surface area contributed by atoms with Gasteiger partial charge in [0.15, 0.2) is 0 Å². The van der Waals surface area contributed by atoms with Crippen LogP contribution in [0.4, 0.5) is 17.1 Å². The lowest BCUT2D eigenvalue weighted by atomic mass is 10.2. The second-order valence-corrected chi connectivity index (χ2v) is 4.76. The molecule has 1 aliphatic heterocycles. The first kappa shape index (κ1) is 11.1. The number of hydrogen-bond acceptors (Lipinski definition) is 3. The molecule has 0 aliphatic carbocycles. The van der Waals surface area contributed by atoms with Crippen LogP contribution in [-0.2, 0) is 0 Å². The monoisotopic (exact) mass is 239 g/mol. The molecule has 0 bridgehead atoms. The molecule has 2 heterocycles. The molecular weight excluding hydrogens is 222 g/mol. The Morgan fingerprint density at radius 2 is 1.78 bits per heavy atom. The van der Waals surface area contributed by atoms with Crippen LogP contribution in [0.2, 0.25) is 0 Å². The summed E-state index contributed by atoms with van der Waals surface area (Å²) in [6.07, 6.45) is 4.10. The van der Waals surface area contributed by atoms with Crippen LogP contribution in [0.5, 0.6) is 0 Å². The number of hydrogen-bond donors (Lipinski definition) is 0. The molecule has 3 heteroatoms. The van der Waals surface area contributed by atoms with E-state index in [1.54, 1.807) is 0 Å². The van der Waals surface area contributed by atoms with Gasteiger partial charge in [0.1, 0.15) is 6.17 Å². The van der Waals surface area contributed by atoms with E-state index in [9.17, 15) is 0 Å². The third kappa shape index (κ3) is 1.47. The predicted molar refractivity (Wildman–Crippen MR) is 75.4 cm³/mol. The van der Waals surface area contributed by atoms with Crippen LogP contribution in [0, 0.1) is 6.92 Å². The lowest BCUT2D eigenvalue weighted by molar-refractivity contribution is 0.732. The number of nitrogens with zero attached hydrogens (tertiary/aromatic N) is 3. The smallest absolute Gasteiger partial charge is 0.103 e. The maximum Gasteiger partial charge on any atom is 0.103 e. The molecule has 1 aliphatic rings. The van der Waals surface area contributed by atoms with Gasteiger partial charge in [-0.3, -0.25) is 4.98 Å². The van der Waals surface area contributed by atoms with Gasteiger partial charge in [-0.1, -0.05) is 12.1 Å². The van der Waals surface area contributed by atoms with Crippen molar-refractivity contribution in [1.29, 1.82) is 0 Å². The highest BCUT2D eigenvalue weighted by molar-refractivity contribution is 5.83. The van der Waals surface area contributed by atoms with Crippen LogP contribution >= 0.6 is 0 Å². The molecule has 92 valence electrons. The van der Waals surface area contributed by atoms with Crippen LogP contribution in [0.25, 0.3) is 0 Å². The Morgan fingerprint density at radius 3 is 2.50 bits per heavy atom. The number of rotatable bonds is 1. The first-order valence-electron chi connectivity index (χ1n) is 6.22. The summed E-state index contributed by atoms with van der Waals surface area (Å²) < 4.78 is 0. The summed E-state index contributed by atoms with van der Waals surface area (Å²) in [7, 11) is 2.14. The molecule has 1 aromatic heterocycles. The van der Waals surface area contributed by atoms with Crippen molar-refractivity contribution in [3.8, 4) is 0 Å². The quantitative estimate of drug-likeness (QED) is 0.761. The van der Waals surface area contributed by atoms with E-state index in [1.165, 1.54) is 22.6 Å². The van der Waals surface area contributed by atoms with Gasteiger partial charge in [0.2, 0.25) is 0 Å². The lowest BCUT2D eigenvalue weighted by Crippen LogP contribution is -2.35. The summed E-state index contributed by atoms with van der Waals surface area (Å²) in [5.41, 5.74) is 4.98. The predicted octanol–water partition coefficient (Wildman–Crippen LogP) is 3.32. The Bertz CT molecular complexity index is 579.